The maximum absolute atomic E-state index is 6.16. The maximum Gasteiger partial charge on any atom is 0.135 e. The molecule has 0 N–H and O–H groups in total. The SMILES string of the molecule is c1ccc(C(c2ccc(-c3ccc(N(c4ccccc4)c4ccc5oc6ccccc6c5c4)cc3)cc2)c2ccc3oc4ccccc4c3c2)cc1. The van der Waals surface area contributed by atoms with Gasteiger partial charge in [-0.05, 0) is 94.5 Å². The van der Waals surface area contributed by atoms with E-state index in [2.05, 4.69) is 175 Å². The van der Waals surface area contributed by atoms with Crippen molar-refractivity contribution >= 4 is 60.9 Å². The molecule has 0 bridgehead atoms. The van der Waals surface area contributed by atoms with Gasteiger partial charge in [-0.3, -0.25) is 0 Å². The summed E-state index contributed by atoms with van der Waals surface area (Å²) in [5.41, 5.74) is 13.0. The second-order valence-corrected chi connectivity index (χ2v) is 13.3. The molecular formula is C49H33NO2. The summed E-state index contributed by atoms with van der Waals surface area (Å²) in [6, 6.07) is 68.8. The molecule has 1 atom stereocenters. The van der Waals surface area contributed by atoms with E-state index in [0.29, 0.717) is 0 Å². The predicted molar refractivity (Wildman–Crippen MR) is 215 cm³/mol. The molecule has 0 spiro atoms. The average molecular weight is 668 g/mol. The molecule has 0 saturated carbocycles. The molecule has 2 aromatic heterocycles. The van der Waals surface area contributed by atoms with Crippen LogP contribution >= 0.6 is 0 Å². The standard InChI is InChI=1S/C49H33NO2/c1-3-11-35(12-4-1)49(37-25-29-47-43(31-37)41-15-7-9-17-45(41)51-47)36-21-19-33(20-22-36)34-23-26-39(27-24-34)50(38-13-5-2-6-14-38)40-28-30-48-44(32-40)42-16-8-10-18-46(42)52-48/h1-32,49H. The first-order valence-electron chi connectivity index (χ1n) is 17.7. The summed E-state index contributed by atoms with van der Waals surface area (Å²) in [5, 5.41) is 4.52. The molecule has 8 aromatic carbocycles. The van der Waals surface area contributed by atoms with Gasteiger partial charge in [-0.2, -0.15) is 0 Å². The molecule has 0 radical (unpaired) electrons. The third kappa shape index (κ3) is 5.23. The third-order valence-corrected chi connectivity index (χ3v) is 10.2. The molecule has 0 amide bonds. The summed E-state index contributed by atoms with van der Waals surface area (Å²) in [6.07, 6.45) is 0. The highest BCUT2D eigenvalue weighted by molar-refractivity contribution is 6.07. The van der Waals surface area contributed by atoms with Crippen molar-refractivity contribution in [2.75, 3.05) is 4.90 Å². The molecule has 0 aliphatic rings. The van der Waals surface area contributed by atoms with Crippen molar-refractivity contribution in [1.29, 1.82) is 0 Å². The number of anilines is 3. The van der Waals surface area contributed by atoms with Crippen molar-refractivity contribution in [3.8, 4) is 11.1 Å². The van der Waals surface area contributed by atoms with Gasteiger partial charge in [0.2, 0.25) is 0 Å². The van der Waals surface area contributed by atoms with Crippen LogP contribution in [0.15, 0.2) is 203 Å². The minimum absolute atomic E-state index is 0.0832. The summed E-state index contributed by atoms with van der Waals surface area (Å²) in [5.74, 6) is 0.0832. The van der Waals surface area contributed by atoms with E-state index in [-0.39, 0.29) is 5.92 Å². The quantitative estimate of drug-likeness (QED) is 0.158. The van der Waals surface area contributed by atoms with E-state index < -0.39 is 0 Å². The lowest BCUT2D eigenvalue weighted by Crippen LogP contribution is -2.09. The fourth-order valence-electron chi connectivity index (χ4n) is 7.69. The summed E-state index contributed by atoms with van der Waals surface area (Å²) < 4.78 is 12.3. The molecule has 0 aliphatic carbocycles. The molecule has 0 fully saturated rings. The zero-order valence-electron chi connectivity index (χ0n) is 28.3. The molecule has 3 nitrogen and oxygen atoms in total. The fourth-order valence-corrected chi connectivity index (χ4v) is 7.69. The first-order chi connectivity index (χ1) is 25.8. The van der Waals surface area contributed by atoms with Crippen LogP contribution < -0.4 is 4.90 Å². The van der Waals surface area contributed by atoms with Gasteiger partial charge in [0.05, 0.1) is 0 Å². The highest BCUT2D eigenvalue weighted by atomic mass is 16.3. The van der Waals surface area contributed by atoms with Gasteiger partial charge < -0.3 is 13.7 Å². The zero-order chi connectivity index (χ0) is 34.4. The second kappa shape index (κ2) is 12.5. The monoisotopic (exact) mass is 667 g/mol. The highest BCUT2D eigenvalue weighted by Gasteiger charge is 2.20. The van der Waals surface area contributed by atoms with Crippen LogP contribution in [0.4, 0.5) is 17.1 Å². The van der Waals surface area contributed by atoms with Crippen LogP contribution in [-0.2, 0) is 0 Å². The third-order valence-electron chi connectivity index (χ3n) is 10.2. The zero-order valence-corrected chi connectivity index (χ0v) is 28.3. The van der Waals surface area contributed by atoms with Crippen molar-refractivity contribution in [2.24, 2.45) is 0 Å². The topological polar surface area (TPSA) is 29.5 Å². The fraction of sp³-hybridized carbons (Fsp3) is 0.0204. The van der Waals surface area contributed by atoms with E-state index >= 15 is 0 Å². The average Bonchev–Trinajstić information content (AvgIpc) is 3.77. The number of fused-ring (bicyclic) bond motifs is 6. The number of nitrogens with zero attached hydrogens (tertiary/aromatic N) is 1. The molecule has 10 rings (SSSR count). The molecular weight excluding hydrogens is 635 g/mol. The van der Waals surface area contributed by atoms with E-state index in [1.807, 2.05) is 24.3 Å². The van der Waals surface area contributed by atoms with Gasteiger partial charge in [-0.1, -0.05) is 127 Å². The Morgan fingerprint density at radius 3 is 1.40 bits per heavy atom. The Hall–Kier alpha value is -6.84. The number of hydrogen-bond acceptors (Lipinski definition) is 3. The van der Waals surface area contributed by atoms with E-state index in [1.165, 1.54) is 27.8 Å². The lowest BCUT2D eigenvalue weighted by Gasteiger charge is -2.25. The summed E-state index contributed by atoms with van der Waals surface area (Å²) in [7, 11) is 0. The largest absolute Gasteiger partial charge is 0.456 e. The van der Waals surface area contributed by atoms with E-state index in [0.717, 1.165) is 60.9 Å². The lowest BCUT2D eigenvalue weighted by atomic mass is 9.84. The smallest absolute Gasteiger partial charge is 0.135 e. The van der Waals surface area contributed by atoms with Gasteiger partial charge in [-0.15, -0.1) is 0 Å². The maximum atomic E-state index is 6.16. The number of furan rings is 2. The van der Waals surface area contributed by atoms with Crippen LogP contribution in [0.2, 0.25) is 0 Å². The molecule has 10 aromatic rings. The molecule has 52 heavy (non-hydrogen) atoms. The van der Waals surface area contributed by atoms with Gasteiger partial charge in [-0.25, -0.2) is 0 Å². The van der Waals surface area contributed by atoms with Crippen molar-refractivity contribution in [3.63, 3.8) is 0 Å². The Balaban J connectivity index is 0.999. The van der Waals surface area contributed by atoms with Gasteiger partial charge in [0.1, 0.15) is 22.3 Å². The molecule has 0 aliphatic heterocycles. The number of para-hydroxylation sites is 3. The van der Waals surface area contributed by atoms with Gasteiger partial charge in [0.15, 0.2) is 0 Å². The minimum atomic E-state index is 0.0832. The van der Waals surface area contributed by atoms with Crippen LogP contribution in [-0.4, -0.2) is 0 Å². The van der Waals surface area contributed by atoms with Crippen LogP contribution in [0, 0.1) is 0 Å². The van der Waals surface area contributed by atoms with E-state index in [1.54, 1.807) is 0 Å². The first kappa shape index (κ1) is 30.0. The Morgan fingerprint density at radius 2 is 0.750 bits per heavy atom. The first-order valence-corrected chi connectivity index (χ1v) is 17.7. The Kier molecular flexibility index (Phi) is 7.21. The Labute approximate surface area is 301 Å². The molecule has 246 valence electrons. The summed E-state index contributed by atoms with van der Waals surface area (Å²) >= 11 is 0. The number of rotatable bonds is 7. The molecule has 2 heterocycles. The normalized spacial score (nSPS) is 12.2. The van der Waals surface area contributed by atoms with Gasteiger partial charge in [0, 0.05) is 44.5 Å². The van der Waals surface area contributed by atoms with Crippen LogP contribution in [0.25, 0.3) is 55.0 Å². The minimum Gasteiger partial charge on any atom is -0.456 e. The lowest BCUT2D eigenvalue weighted by molar-refractivity contribution is 0.668. The number of benzene rings is 8. The summed E-state index contributed by atoms with van der Waals surface area (Å²) in [4.78, 5) is 2.30. The number of hydrogen-bond donors (Lipinski definition) is 0. The van der Waals surface area contributed by atoms with Crippen molar-refractivity contribution < 1.29 is 8.83 Å². The molecule has 3 heteroatoms. The van der Waals surface area contributed by atoms with Crippen molar-refractivity contribution in [3.05, 3.63) is 211 Å². The Bertz CT molecular complexity index is 2630. The predicted octanol–water partition coefficient (Wildman–Crippen LogP) is 13.8. The van der Waals surface area contributed by atoms with Crippen LogP contribution in [0.3, 0.4) is 0 Å². The summed E-state index contributed by atoms with van der Waals surface area (Å²) in [6.45, 7) is 0. The highest BCUT2D eigenvalue weighted by Crippen LogP contribution is 2.40. The van der Waals surface area contributed by atoms with Crippen LogP contribution in [0.5, 0.6) is 0 Å². The van der Waals surface area contributed by atoms with Gasteiger partial charge >= 0.3 is 0 Å². The van der Waals surface area contributed by atoms with Crippen molar-refractivity contribution in [1.82, 2.24) is 0 Å². The van der Waals surface area contributed by atoms with E-state index in [9.17, 15) is 0 Å². The molecule has 1 unspecified atom stereocenters. The van der Waals surface area contributed by atoms with Crippen LogP contribution in [0.1, 0.15) is 22.6 Å². The van der Waals surface area contributed by atoms with Gasteiger partial charge in [0.25, 0.3) is 0 Å². The van der Waals surface area contributed by atoms with Crippen molar-refractivity contribution in [2.45, 2.75) is 5.92 Å². The molecule has 0 saturated heterocycles. The Morgan fingerprint density at radius 1 is 0.308 bits per heavy atom. The second-order valence-electron chi connectivity index (χ2n) is 13.3. The van der Waals surface area contributed by atoms with E-state index in [4.69, 9.17) is 8.83 Å².